The van der Waals surface area contributed by atoms with Gasteiger partial charge in [-0.1, -0.05) is 35.9 Å². The quantitative estimate of drug-likeness (QED) is 0.453. The van der Waals surface area contributed by atoms with E-state index >= 15 is 0 Å². The third-order valence-corrected chi connectivity index (χ3v) is 6.12. The minimum absolute atomic E-state index is 0.0357. The van der Waals surface area contributed by atoms with Gasteiger partial charge in [-0.2, -0.15) is 4.98 Å². The van der Waals surface area contributed by atoms with Gasteiger partial charge in [-0.25, -0.2) is 9.97 Å². The number of nitrogen functional groups attached to an aromatic ring is 1. The average Bonchev–Trinajstić information content (AvgIpc) is 2.78. The van der Waals surface area contributed by atoms with Crippen molar-refractivity contribution in [2.45, 2.75) is 19.4 Å². The van der Waals surface area contributed by atoms with Gasteiger partial charge in [-0.15, -0.1) is 0 Å². The second-order valence-electron chi connectivity index (χ2n) is 8.08. The molecule has 9 nitrogen and oxygen atoms in total. The first-order chi connectivity index (χ1) is 16.4. The number of hydrogen-bond acceptors (Lipinski definition) is 7. The van der Waals surface area contributed by atoms with Crippen LogP contribution >= 0.6 is 11.6 Å². The number of benzene rings is 2. The van der Waals surface area contributed by atoms with E-state index in [4.69, 9.17) is 22.3 Å². The highest BCUT2D eigenvalue weighted by Crippen LogP contribution is 2.26. The zero-order valence-corrected chi connectivity index (χ0v) is 19.2. The molecule has 1 amide bonds. The summed E-state index contributed by atoms with van der Waals surface area (Å²) < 4.78 is 1.52. The summed E-state index contributed by atoms with van der Waals surface area (Å²) in [6, 6.07) is 13.8. The van der Waals surface area contributed by atoms with Crippen molar-refractivity contribution < 1.29 is 4.79 Å². The normalized spacial score (nSPS) is 14.0. The fourth-order valence-electron chi connectivity index (χ4n) is 3.95. The van der Waals surface area contributed by atoms with Gasteiger partial charge in [0, 0.05) is 19.3 Å². The number of nitrogens with one attached hydrogen (secondary N) is 1. The maximum absolute atomic E-state index is 13.6. The molecule has 1 saturated heterocycles. The van der Waals surface area contributed by atoms with E-state index in [1.807, 2.05) is 37.3 Å². The van der Waals surface area contributed by atoms with Gasteiger partial charge in [-0.05, 0) is 37.6 Å². The Labute approximate surface area is 200 Å². The molecule has 1 atom stereocenters. The second kappa shape index (κ2) is 8.75. The van der Waals surface area contributed by atoms with Gasteiger partial charge in [0.2, 0.25) is 5.95 Å². The lowest BCUT2D eigenvalue weighted by atomic mass is 10.1. The molecule has 1 aliphatic rings. The van der Waals surface area contributed by atoms with Gasteiger partial charge >= 0.3 is 0 Å². The SMILES string of the molecule is C[C@H](Nc1nc(N)ncc1C(=O)N1CCC1)c1nc2cccc(Cl)c2c(=O)n1-c1ccccc1. The lowest BCUT2D eigenvalue weighted by Gasteiger charge is -2.31. The minimum Gasteiger partial charge on any atom is -0.368 e. The molecular formula is C24H22ClN7O2. The summed E-state index contributed by atoms with van der Waals surface area (Å²) >= 11 is 6.36. The minimum atomic E-state index is -0.520. The summed E-state index contributed by atoms with van der Waals surface area (Å²) in [5.74, 6) is 0.593. The molecule has 0 bridgehead atoms. The molecule has 3 heterocycles. The van der Waals surface area contributed by atoms with Crippen LogP contribution in [0.25, 0.3) is 16.6 Å². The summed E-state index contributed by atoms with van der Waals surface area (Å²) in [5.41, 5.74) is 6.98. The Hall–Kier alpha value is -3.98. The van der Waals surface area contributed by atoms with Crippen molar-refractivity contribution in [1.29, 1.82) is 0 Å². The predicted molar refractivity (Wildman–Crippen MR) is 131 cm³/mol. The van der Waals surface area contributed by atoms with E-state index in [2.05, 4.69) is 15.3 Å². The Morgan fingerprint density at radius 2 is 1.88 bits per heavy atom. The van der Waals surface area contributed by atoms with Crippen LogP contribution in [0.2, 0.25) is 5.02 Å². The van der Waals surface area contributed by atoms with Crippen LogP contribution in [0.3, 0.4) is 0 Å². The molecule has 0 unspecified atom stereocenters. The van der Waals surface area contributed by atoms with Crippen LogP contribution in [0.1, 0.15) is 35.6 Å². The number of para-hydroxylation sites is 1. The molecule has 5 rings (SSSR count). The molecule has 0 aliphatic carbocycles. The summed E-state index contributed by atoms with van der Waals surface area (Å²) in [4.78, 5) is 41.3. The topological polar surface area (TPSA) is 119 Å². The number of carbonyl (C=O) groups is 1. The van der Waals surface area contributed by atoms with Crippen molar-refractivity contribution in [2.75, 3.05) is 24.1 Å². The lowest BCUT2D eigenvalue weighted by Crippen LogP contribution is -2.42. The standard InChI is InChI=1S/C24H22ClN7O2/c1-14(28-20-16(13-27-24(26)30-20)22(33)31-11-6-12-31)21-29-18-10-5-9-17(25)19(18)23(34)32(21)15-7-3-2-4-8-15/h2-5,7-10,13-14H,6,11-12H2,1H3,(H3,26,27,28,30)/t14-/m0/s1. The Morgan fingerprint density at radius 1 is 1.12 bits per heavy atom. The van der Waals surface area contributed by atoms with Gasteiger partial charge in [0.1, 0.15) is 17.2 Å². The maximum Gasteiger partial charge on any atom is 0.267 e. The molecule has 0 radical (unpaired) electrons. The van der Waals surface area contributed by atoms with Crippen LogP contribution in [0.5, 0.6) is 0 Å². The van der Waals surface area contributed by atoms with Crippen LogP contribution < -0.4 is 16.6 Å². The molecule has 0 saturated carbocycles. The third kappa shape index (κ3) is 3.84. The third-order valence-electron chi connectivity index (χ3n) is 5.81. The maximum atomic E-state index is 13.6. The number of carbonyl (C=O) groups excluding carboxylic acids is 1. The zero-order valence-electron chi connectivity index (χ0n) is 18.4. The molecule has 3 N–H and O–H groups in total. The molecule has 2 aromatic heterocycles. The second-order valence-corrected chi connectivity index (χ2v) is 8.49. The van der Waals surface area contributed by atoms with E-state index in [1.165, 1.54) is 10.8 Å². The van der Waals surface area contributed by atoms with E-state index < -0.39 is 6.04 Å². The zero-order chi connectivity index (χ0) is 23.8. The van der Waals surface area contributed by atoms with Gasteiger partial charge in [0.25, 0.3) is 11.5 Å². The first-order valence-electron chi connectivity index (χ1n) is 10.9. The van der Waals surface area contributed by atoms with Crippen molar-refractivity contribution in [1.82, 2.24) is 24.4 Å². The van der Waals surface area contributed by atoms with E-state index in [0.717, 1.165) is 6.42 Å². The Morgan fingerprint density at radius 3 is 2.59 bits per heavy atom. The van der Waals surface area contributed by atoms with Crippen molar-refractivity contribution in [2.24, 2.45) is 0 Å². The lowest BCUT2D eigenvalue weighted by molar-refractivity contribution is 0.0652. The Balaban J connectivity index is 1.63. The highest BCUT2D eigenvalue weighted by Gasteiger charge is 2.27. The number of nitrogens with two attached hydrogens (primary N) is 1. The summed E-state index contributed by atoms with van der Waals surface area (Å²) in [6.45, 7) is 3.23. The smallest absolute Gasteiger partial charge is 0.267 e. The summed E-state index contributed by atoms with van der Waals surface area (Å²) in [5, 5.41) is 3.90. The van der Waals surface area contributed by atoms with Crippen LogP contribution in [0, 0.1) is 0 Å². The molecule has 1 aliphatic heterocycles. The van der Waals surface area contributed by atoms with Crippen molar-refractivity contribution in [3.8, 4) is 5.69 Å². The van der Waals surface area contributed by atoms with E-state index in [0.29, 0.717) is 46.1 Å². The molecule has 2 aromatic carbocycles. The van der Waals surface area contributed by atoms with Crippen molar-refractivity contribution in [3.63, 3.8) is 0 Å². The number of fused-ring (bicyclic) bond motifs is 1. The van der Waals surface area contributed by atoms with E-state index in [9.17, 15) is 9.59 Å². The molecule has 10 heteroatoms. The number of hydrogen-bond donors (Lipinski definition) is 2. The van der Waals surface area contributed by atoms with Crippen LogP contribution in [-0.2, 0) is 0 Å². The number of anilines is 2. The Bertz CT molecular complexity index is 1450. The Kier molecular flexibility index (Phi) is 5.62. The van der Waals surface area contributed by atoms with Crippen LogP contribution in [0.15, 0.2) is 59.5 Å². The number of nitrogens with zero attached hydrogens (tertiary/aromatic N) is 5. The fourth-order valence-corrected chi connectivity index (χ4v) is 4.20. The average molecular weight is 476 g/mol. The van der Waals surface area contributed by atoms with Gasteiger partial charge in [0.05, 0.1) is 27.7 Å². The molecule has 34 heavy (non-hydrogen) atoms. The number of amides is 1. The highest BCUT2D eigenvalue weighted by molar-refractivity contribution is 6.35. The molecular weight excluding hydrogens is 454 g/mol. The molecule has 1 fully saturated rings. The number of rotatable bonds is 5. The predicted octanol–water partition coefficient (Wildman–Crippen LogP) is 3.43. The summed E-state index contributed by atoms with van der Waals surface area (Å²) in [7, 11) is 0. The van der Waals surface area contributed by atoms with Gasteiger partial charge < -0.3 is 16.0 Å². The molecule has 172 valence electrons. The van der Waals surface area contributed by atoms with Crippen molar-refractivity contribution >= 4 is 40.2 Å². The summed E-state index contributed by atoms with van der Waals surface area (Å²) in [6.07, 6.45) is 2.39. The van der Waals surface area contributed by atoms with Crippen LogP contribution in [-0.4, -0.2) is 43.4 Å². The number of likely N-dealkylation sites (tertiary alicyclic amines) is 1. The highest BCUT2D eigenvalue weighted by atomic mass is 35.5. The molecule has 4 aromatic rings. The van der Waals surface area contributed by atoms with Crippen LogP contribution in [0.4, 0.5) is 11.8 Å². The first kappa shape index (κ1) is 21.8. The van der Waals surface area contributed by atoms with E-state index in [-0.39, 0.29) is 23.2 Å². The monoisotopic (exact) mass is 475 g/mol. The van der Waals surface area contributed by atoms with Crippen molar-refractivity contribution in [3.05, 3.63) is 81.5 Å². The molecule has 0 spiro atoms. The van der Waals surface area contributed by atoms with Gasteiger partial charge in [0.15, 0.2) is 0 Å². The largest absolute Gasteiger partial charge is 0.368 e. The van der Waals surface area contributed by atoms with Gasteiger partial charge in [-0.3, -0.25) is 14.2 Å². The first-order valence-corrected chi connectivity index (χ1v) is 11.3. The number of aromatic nitrogens is 4. The number of halogens is 1. The fraction of sp³-hybridized carbons (Fsp3) is 0.208. The van der Waals surface area contributed by atoms with E-state index in [1.54, 1.807) is 23.1 Å².